The summed E-state index contributed by atoms with van der Waals surface area (Å²) in [5.74, 6) is -4.73. The molecule has 0 radical (unpaired) electrons. The van der Waals surface area contributed by atoms with Gasteiger partial charge in [-0.25, -0.2) is 0 Å². The molecule has 0 fully saturated rings. The molecule has 0 aliphatic rings. The molecule has 2 aromatic carbocycles. The Bertz CT molecular complexity index is 1130. The van der Waals surface area contributed by atoms with Gasteiger partial charge in [-0.05, 0) is 71.6 Å². The third kappa shape index (κ3) is 11.4. The zero-order chi connectivity index (χ0) is 30.9. The molecule has 0 unspecified atom stereocenters. The summed E-state index contributed by atoms with van der Waals surface area (Å²) in [6.07, 6.45) is 2.42. The first-order valence-corrected chi connectivity index (χ1v) is 13.6. The Balaban J connectivity index is 0.000000762. The van der Waals surface area contributed by atoms with Crippen molar-refractivity contribution in [3.8, 4) is 0 Å². The number of rotatable bonds is 12. The molecule has 8 nitrogen and oxygen atoms in total. The van der Waals surface area contributed by atoms with Gasteiger partial charge >= 0.3 is 21.7 Å². The van der Waals surface area contributed by atoms with Gasteiger partial charge in [-0.2, -0.15) is 0 Å². The Labute approximate surface area is 258 Å². The van der Waals surface area contributed by atoms with Gasteiger partial charge in [0.2, 0.25) is 0 Å². The Morgan fingerprint density at radius 1 is 0.488 bits per heavy atom. The second kappa shape index (κ2) is 17.1. The average Bonchev–Trinajstić information content (AvgIpc) is 2.79. The fourth-order valence-electron chi connectivity index (χ4n) is 4.73. The molecule has 0 saturated heterocycles. The van der Waals surface area contributed by atoms with E-state index in [1.165, 1.54) is 12.1 Å². The molecule has 0 bridgehead atoms. The van der Waals surface area contributed by atoms with Crippen LogP contribution in [0.3, 0.4) is 0 Å². The molecule has 2 rings (SSSR count). The van der Waals surface area contributed by atoms with E-state index in [4.69, 9.17) is 0 Å². The normalized spacial score (nSPS) is 10.8. The van der Waals surface area contributed by atoms with Crippen LogP contribution in [-0.2, 0) is 47.4 Å². The van der Waals surface area contributed by atoms with Crippen LogP contribution >= 0.6 is 0 Å². The third-order valence-corrected chi connectivity index (χ3v) is 6.15. The van der Waals surface area contributed by atoms with Gasteiger partial charge in [-0.3, -0.25) is 0 Å². The molecule has 9 heteroatoms. The molecule has 0 atom stereocenters. The fourth-order valence-corrected chi connectivity index (χ4v) is 4.73. The molecule has 0 amide bonds. The number of hydrogen-bond donors (Lipinski definition) is 0. The number of carboxylic acid groups (broad SMARTS) is 4. The number of benzene rings is 2. The Morgan fingerprint density at radius 2 is 0.756 bits per heavy atom. The van der Waals surface area contributed by atoms with Crippen LogP contribution in [0.1, 0.15) is 119 Å². The minimum Gasteiger partial charge on any atom is -0.545 e. The summed E-state index contributed by atoms with van der Waals surface area (Å²) in [6.45, 7) is 16.0. The maximum absolute atomic E-state index is 11.4. The molecule has 0 aliphatic carbocycles. The summed E-state index contributed by atoms with van der Waals surface area (Å²) in [4.78, 5) is 44.9. The van der Waals surface area contributed by atoms with Crippen molar-refractivity contribution >= 4 is 23.9 Å². The minimum atomic E-state index is -1.48. The van der Waals surface area contributed by atoms with Crippen LogP contribution in [0.15, 0.2) is 24.3 Å². The molecule has 41 heavy (non-hydrogen) atoms. The first-order valence-electron chi connectivity index (χ1n) is 13.6. The van der Waals surface area contributed by atoms with E-state index in [1.54, 1.807) is 12.1 Å². The van der Waals surface area contributed by atoms with Crippen LogP contribution in [-0.4, -0.2) is 23.9 Å². The van der Waals surface area contributed by atoms with Crippen molar-refractivity contribution in [1.29, 1.82) is 0 Å². The minimum absolute atomic E-state index is 0. The topological polar surface area (TPSA) is 161 Å². The number of hydrogen-bond acceptors (Lipinski definition) is 8. The van der Waals surface area contributed by atoms with Crippen molar-refractivity contribution < 1.29 is 61.3 Å². The molecule has 0 N–H and O–H groups in total. The summed E-state index contributed by atoms with van der Waals surface area (Å²) in [7, 11) is 0. The van der Waals surface area contributed by atoms with Crippen molar-refractivity contribution in [3.63, 3.8) is 0 Å². The number of carboxylic acids is 4. The van der Waals surface area contributed by atoms with Crippen molar-refractivity contribution in [2.45, 2.75) is 81.1 Å². The molecular weight excluding hydrogens is 560 g/mol. The van der Waals surface area contributed by atoms with Gasteiger partial charge < -0.3 is 39.6 Å². The summed E-state index contributed by atoms with van der Waals surface area (Å²) >= 11 is 0. The van der Waals surface area contributed by atoms with Crippen LogP contribution in [0.4, 0.5) is 0 Å². The van der Waals surface area contributed by atoms with Crippen molar-refractivity contribution in [2.24, 2.45) is 23.7 Å². The van der Waals surface area contributed by atoms with E-state index in [1.807, 2.05) is 55.4 Å². The first kappa shape index (κ1) is 38.0. The number of carbonyl (C=O) groups excluding carboxylic acids is 4. The van der Waals surface area contributed by atoms with Crippen LogP contribution < -0.4 is 20.4 Å². The van der Waals surface area contributed by atoms with E-state index in [-0.39, 0.29) is 55.8 Å². The molecule has 0 aromatic heterocycles. The zero-order valence-electron chi connectivity index (χ0n) is 25.2. The molecular formula is C32H40O8Ti. The van der Waals surface area contributed by atoms with Crippen LogP contribution in [0.2, 0.25) is 0 Å². The van der Waals surface area contributed by atoms with Crippen LogP contribution in [0.25, 0.3) is 0 Å². The van der Waals surface area contributed by atoms with Gasteiger partial charge in [0.05, 0.1) is 23.9 Å². The molecule has 0 saturated carbocycles. The predicted molar refractivity (Wildman–Crippen MR) is 144 cm³/mol. The van der Waals surface area contributed by atoms with Gasteiger partial charge in [0.25, 0.3) is 0 Å². The molecule has 0 aliphatic heterocycles. The number of aromatic carboxylic acids is 4. The standard InChI is InChI=1S/2C16H22O4.Ti/c2*1-9(2)7-11-5-6-12(15(17)18)14(16(19)20)13(11)8-10(3)4;/h2*5-6,9-10H,7-8H2,1-4H3,(H,17,18)(H,19,20);/q;;+4/p-4. The van der Waals surface area contributed by atoms with Gasteiger partial charge in [0.1, 0.15) is 0 Å². The Kier molecular flexibility index (Phi) is 15.9. The van der Waals surface area contributed by atoms with E-state index < -0.39 is 23.9 Å². The van der Waals surface area contributed by atoms with Crippen molar-refractivity contribution in [3.05, 3.63) is 68.8 Å². The van der Waals surface area contributed by atoms with Gasteiger partial charge in [0.15, 0.2) is 0 Å². The van der Waals surface area contributed by atoms with E-state index in [2.05, 4.69) is 0 Å². The number of carbonyl (C=O) groups is 4. The Morgan fingerprint density at radius 3 is 0.951 bits per heavy atom. The summed E-state index contributed by atoms with van der Waals surface area (Å²) in [5.41, 5.74) is 1.83. The summed E-state index contributed by atoms with van der Waals surface area (Å²) in [5, 5.41) is 44.9. The van der Waals surface area contributed by atoms with Gasteiger partial charge in [0, 0.05) is 22.3 Å². The second-order valence-electron chi connectivity index (χ2n) is 11.8. The van der Waals surface area contributed by atoms with Crippen molar-refractivity contribution in [2.75, 3.05) is 0 Å². The van der Waals surface area contributed by atoms with E-state index in [0.29, 0.717) is 48.6 Å². The van der Waals surface area contributed by atoms with Crippen LogP contribution in [0.5, 0.6) is 0 Å². The van der Waals surface area contributed by atoms with Gasteiger partial charge in [-0.1, -0.05) is 79.7 Å². The quantitative estimate of drug-likeness (QED) is 0.332. The largest absolute Gasteiger partial charge is 4.00 e. The van der Waals surface area contributed by atoms with Crippen LogP contribution in [0, 0.1) is 23.7 Å². The Hall–Kier alpha value is -2.97. The molecule has 2 aromatic rings. The third-order valence-electron chi connectivity index (χ3n) is 6.15. The SMILES string of the molecule is CC(C)Cc1ccc(C(=O)[O-])c(C(=O)[O-])c1CC(C)C.CC(C)Cc1ccc(C(=O)[O-])c(C(=O)[O-])c1CC(C)C.[Ti+4]. The molecule has 0 spiro atoms. The van der Waals surface area contributed by atoms with E-state index in [9.17, 15) is 39.6 Å². The zero-order valence-corrected chi connectivity index (χ0v) is 26.8. The molecule has 0 heterocycles. The van der Waals surface area contributed by atoms with Crippen molar-refractivity contribution in [1.82, 2.24) is 0 Å². The second-order valence-corrected chi connectivity index (χ2v) is 11.8. The smallest absolute Gasteiger partial charge is 0.545 e. The monoisotopic (exact) mass is 600 g/mol. The average molecular weight is 601 g/mol. The summed E-state index contributed by atoms with van der Waals surface area (Å²) in [6, 6.07) is 5.99. The van der Waals surface area contributed by atoms with Gasteiger partial charge in [-0.15, -0.1) is 0 Å². The maximum atomic E-state index is 11.4. The van der Waals surface area contributed by atoms with E-state index in [0.717, 1.165) is 11.1 Å². The van der Waals surface area contributed by atoms with E-state index >= 15 is 0 Å². The summed E-state index contributed by atoms with van der Waals surface area (Å²) < 4.78 is 0. The maximum Gasteiger partial charge on any atom is 4.00 e. The first-order chi connectivity index (χ1) is 18.5. The predicted octanol–water partition coefficient (Wildman–Crippen LogP) is 1.62. The fraction of sp³-hybridized carbons (Fsp3) is 0.500. The molecule has 220 valence electrons.